The van der Waals surface area contributed by atoms with E-state index in [9.17, 15) is 9.59 Å². The van der Waals surface area contributed by atoms with Crippen molar-refractivity contribution in [1.82, 2.24) is 5.32 Å². The zero-order chi connectivity index (χ0) is 33.6. The van der Waals surface area contributed by atoms with Gasteiger partial charge in [-0.2, -0.15) is 0 Å². The lowest BCUT2D eigenvalue weighted by Gasteiger charge is -2.38. The molecular weight excluding hydrogens is 562 g/mol. The standard InChI is InChI=1S/C37H51NO5.C2H6/c1-25(2)13-9-14-26(3)15-10-16-27(4)17-11-20-37(8)21-19-32-30(7)34(28(5)29(6)35(32)43-37)42-33(39)24-41-36(40)31-18-12-22-38-23-31;1-2/h12-13,15,17-18,23,38H,9-11,14,16,19-22,24H2,1-8H3;1-2H3/b26-15+,27-17+;/t37-;/m1./s1. The highest BCUT2D eigenvalue weighted by Gasteiger charge is 2.34. The first-order chi connectivity index (χ1) is 21.4. The van der Waals surface area contributed by atoms with Gasteiger partial charge in [-0.25, -0.2) is 9.59 Å². The van der Waals surface area contributed by atoms with E-state index < -0.39 is 18.5 Å². The summed E-state index contributed by atoms with van der Waals surface area (Å²) in [6.07, 6.45) is 20.2. The molecule has 0 aromatic heterocycles. The molecule has 0 saturated carbocycles. The molecule has 3 rings (SSSR count). The van der Waals surface area contributed by atoms with Crippen LogP contribution in [0.15, 0.2) is 58.9 Å². The fourth-order valence-electron chi connectivity index (χ4n) is 5.52. The molecule has 248 valence electrons. The second-order valence-electron chi connectivity index (χ2n) is 12.5. The minimum atomic E-state index is -0.606. The summed E-state index contributed by atoms with van der Waals surface area (Å²) >= 11 is 0. The van der Waals surface area contributed by atoms with Crippen LogP contribution in [0.5, 0.6) is 11.5 Å². The molecular formula is C39H57NO5. The van der Waals surface area contributed by atoms with Crippen molar-refractivity contribution in [3.63, 3.8) is 0 Å². The van der Waals surface area contributed by atoms with Gasteiger partial charge in [-0.3, -0.25) is 0 Å². The smallest absolute Gasteiger partial charge is 0.349 e. The number of benzene rings is 1. The monoisotopic (exact) mass is 619 g/mol. The maximum atomic E-state index is 12.6. The van der Waals surface area contributed by atoms with Gasteiger partial charge in [0, 0.05) is 18.3 Å². The predicted molar refractivity (Wildman–Crippen MR) is 186 cm³/mol. The Morgan fingerprint density at radius 3 is 2.20 bits per heavy atom. The highest BCUT2D eigenvalue weighted by Crippen LogP contribution is 2.45. The Labute approximate surface area is 272 Å². The molecule has 2 aliphatic rings. The first-order valence-corrected chi connectivity index (χ1v) is 16.6. The maximum absolute atomic E-state index is 12.6. The maximum Gasteiger partial charge on any atom is 0.349 e. The van der Waals surface area contributed by atoms with E-state index in [1.54, 1.807) is 12.3 Å². The highest BCUT2D eigenvalue weighted by molar-refractivity contribution is 5.93. The fraction of sp³-hybridized carbons (Fsp3) is 0.538. The van der Waals surface area contributed by atoms with Crippen molar-refractivity contribution in [3.8, 4) is 11.5 Å². The van der Waals surface area contributed by atoms with E-state index in [0.717, 1.165) is 79.4 Å². The van der Waals surface area contributed by atoms with Crippen LogP contribution in [-0.2, 0) is 20.7 Å². The van der Waals surface area contributed by atoms with Gasteiger partial charge < -0.3 is 19.5 Å². The summed E-state index contributed by atoms with van der Waals surface area (Å²) in [6, 6.07) is 0. The molecule has 1 N–H and O–H groups in total. The number of allylic oxidation sites excluding steroid dienone is 6. The Balaban J connectivity index is 0.00000345. The molecule has 2 heterocycles. The summed E-state index contributed by atoms with van der Waals surface area (Å²) < 4.78 is 17.6. The van der Waals surface area contributed by atoms with E-state index in [2.05, 4.69) is 58.2 Å². The van der Waals surface area contributed by atoms with Gasteiger partial charge in [-0.05, 0) is 130 Å². The minimum absolute atomic E-state index is 0.252. The van der Waals surface area contributed by atoms with Crippen LogP contribution in [-0.4, -0.2) is 30.7 Å². The lowest BCUT2D eigenvalue weighted by molar-refractivity contribution is -0.150. The van der Waals surface area contributed by atoms with Gasteiger partial charge in [0.15, 0.2) is 6.61 Å². The average molecular weight is 620 g/mol. The fourth-order valence-corrected chi connectivity index (χ4v) is 5.52. The molecule has 0 spiro atoms. The zero-order valence-electron chi connectivity index (χ0n) is 29.6. The molecule has 0 bridgehead atoms. The normalized spacial score (nSPS) is 17.5. The van der Waals surface area contributed by atoms with E-state index in [0.29, 0.717) is 17.9 Å². The van der Waals surface area contributed by atoms with Crippen LogP contribution in [0.3, 0.4) is 0 Å². The lowest BCUT2D eigenvalue weighted by atomic mass is 9.85. The third kappa shape index (κ3) is 11.7. The van der Waals surface area contributed by atoms with Crippen LogP contribution >= 0.6 is 0 Å². The van der Waals surface area contributed by atoms with E-state index in [4.69, 9.17) is 14.2 Å². The summed E-state index contributed by atoms with van der Waals surface area (Å²) in [5.74, 6) is 0.270. The molecule has 6 nitrogen and oxygen atoms in total. The third-order valence-electron chi connectivity index (χ3n) is 8.42. The Hall–Kier alpha value is -3.54. The Morgan fingerprint density at radius 1 is 0.933 bits per heavy atom. The molecule has 0 fully saturated rings. The Bertz CT molecular complexity index is 1340. The van der Waals surface area contributed by atoms with E-state index >= 15 is 0 Å². The van der Waals surface area contributed by atoms with Gasteiger partial charge in [0.05, 0.1) is 5.57 Å². The third-order valence-corrected chi connectivity index (χ3v) is 8.42. The van der Waals surface area contributed by atoms with Crippen molar-refractivity contribution < 1.29 is 23.8 Å². The van der Waals surface area contributed by atoms with Crippen molar-refractivity contribution in [3.05, 3.63) is 81.1 Å². The summed E-state index contributed by atoms with van der Waals surface area (Å²) in [5.41, 5.74) is 8.24. The van der Waals surface area contributed by atoms with Gasteiger partial charge >= 0.3 is 11.9 Å². The van der Waals surface area contributed by atoms with Crippen LogP contribution in [0, 0.1) is 20.8 Å². The largest absolute Gasteiger partial charge is 0.487 e. The van der Waals surface area contributed by atoms with Gasteiger partial charge in [-0.1, -0.05) is 54.9 Å². The summed E-state index contributed by atoms with van der Waals surface area (Å²) in [6.45, 7) is 21.1. The second-order valence-corrected chi connectivity index (χ2v) is 12.5. The molecule has 0 aliphatic carbocycles. The minimum Gasteiger partial charge on any atom is -0.487 e. The van der Waals surface area contributed by atoms with Crippen LogP contribution in [0.25, 0.3) is 0 Å². The zero-order valence-corrected chi connectivity index (χ0v) is 29.6. The Morgan fingerprint density at radius 2 is 1.58 bits per heavy atom. The number of carbonyl (C=O) groups excluding carboxylic acids is 2. The summed E-state index contributed by atoms with van der Waals surface area (Å²) in [4.78, 5) is 24.8. The van der Waals surface area contributed by atoms with E-state index in [1.165, 1.54) is 16.7 Å². The quantitative estimate of drug-likeness (QED) is 0.135. The number of rotatable bonds is 13. The number of hydrogen-bond acceptors (Lipinski definition) is 6. The van der Waals surface area contributed by atoms with Gasteiger partial charge in [0.25, 0.3) is 0 Å². The molecule has 0 unspecified atom stereocenters. The second kappa shape index (κ2) is 18.4. The lowest BCUT2D eigenvalue weighted by Crippen LogP contribution is -2.37. The van der Waals surface area contributed by atoms with Crippen molar-refractivity contribution in [2.24, 2.45) is 0 Å². The van der Waals surface area contributed by atoms with E-state index in [-0.39, 0.29) is 5.60 Å². The van der Waals surface area contributed by atoms with Crippen LogP contribution in [0.1, 0.15) is 116 Å². The molecule has 0 saturated heterocycles. The van der Waals surface area contributed by atoms with Crippen LogP contribution < -0.4 is 14.8 Å². The first kappa shape index (κ1) is 37.6. The van der Waals surface area contributed by atoms with Crippen molar-refractivity contribution in [2.45, 2.75) is 126 Å². The topological polar surface area (TPSA) is 73.9 Å². The van der Waals surface area contributed by atoms with Crippen molar-refractivity contribution in [1.29, 1.82) is 0 Å². The number of hydrogen-bond donors (Lipinski definition) is 1. The molecule has 1 aromatic rings. The predicted octanol–water partition coefficient (Wildman–Crippen LogP) is 9.41. The molecule has 45 heavy (non-hydrogen) atoms. The molecule has 0 amide bonds. The molecule has 2 aliphatic heterocycles. The summed E-state index contributed by atoms with van der Waals surface area (Å²) in [7, 11) is 0. The Kier molecular flexibility index (Phi) is 15.4. The molecule has 1 aromatic carbocycles. The number of ether oxygens (including phenoxy) is 3. The number of nitrogens with one attached hydrogen (secondary N) is 1. The van der Waals surface area contributed by atoms with Gasteiger partial charge in [0.2, 0.25) is 0 Å². The van der Waals surface area contributed by atoms with Crippen LogP contribution in [0.4, 0.5) is 0 Å². The molecule has 1 atom stereocenters. The first-order valence-electron chi connectivity index (χ1n) is 16.6. The van der Waals surface area contributed by atoms with Crippen molar-refractivity contribution in [2.75, 3.05) is 13.2 Å². The SMILES string of the molecule is CC.CC(C)=CCC/C(C)=C/CC/C(C)=C/CC[C@]1(C)CCc2c(C)c(OC(=O)COC(=O)C3=CNCC=C3)c(C)c(C)c2O1. The number of carbonyl (C=O) groups is 2. The number of fused-ring (bicyclic) bond motifs is 1. The van der Waals surface area contributed by atoms with Gasteiger partial charge in [0.1, 0.15) is 17.1 Å². The number of dihydropyridines is 1. The number of esters is 2. The van der Waals surface area contributed by atoms with Crippen molar-refractivity contribution >= 4 is 11.9 Å². The van der Waals surface area contributed by atoms with Crippen LogP contribution in [0.2, 0.25) is 0 Å². The summed E-state index contributed by atoms with van der Waals surface area (Å²) in [5, 5.41) is 2.95. The molecule has 0 radical (unpaired) electrons. The molecule has 6 heteroatoms. The van der Waals surface area contributed by atoms with Gasteiger partial charge in [-0.15, -0.1) is 0 Å². The average Bonchev–Trinajstić information content (AvgIpc) is 3.02. The highest BCUT2D eigenvalue weighted by atomic mass is 16.6. The van der Waals surface area contributed by atoms with E-state index in [1.807, 2.05) is 40.7 Å².